The summed E-state index contributed by atoms with van der Waals surface area (Å²) in [6.45, 7) is 12.7. The highest BCUT2D eigenvalue weighted by atomic mass is 16.5. The maximum atomic E-state index is 13.3. The molecule has 1 aliphatic rings. The maximum Gasteiger partial charge on any atom is 0.325 e. The molecule has 1 aromatic heterocycles. The van der Waals surface area contributed by atoms with Gasteiger partial charge in [0.2, 0.25) is 0 Å². The fourth-order valence-corrected chi connectivity index (χ4v) is 4.18. The lowest BCUT2D eigenvalue weighted by Crippen LogP contribution is -2.41. The Balaban J connectivity index is 1.81. The number of aromatic nitrogens is 1. The van der Waals surface area contributed by atoms with E-state index in [0.29, 0.717) is 24.3 Å². The van der Waals surface area contributed by atoms with Crippen LogP contribution in [0.5, 0.6) is 0 Å². The Bertz CT molecular complexity index is 1050. The SMILES string of the molecule is COCCn1c(C)cc(C(=O)CN2C(=O)N[C@](C)(c3ccc(C(C)(C)C)cc3)C2=O)c1C. The number of amides is 3. The molecule has 0 bridgehead atoms. The lowest BCUT2D eigenvalue weighted by molar-refractivity contribution is -0.130. The Morgan fingerprint density at radius 3 is 2.31 bits per heavy atom. The molecule has 3 amide bonds. The predicted molar refractivity (Wildman–Crippen MR) is 123 cm³/mol. The average molecular weight is 440 g/mol. The molecule has 1 aromatic carbocycles. The lowest BCUT2D eigenvalue weighted by Gasteiger charge is -2.24. The second-order valence-electron chi connectivity index (χ2n) is 9.63. The van der Waals surface area contributed by atoms with Crippen molar-refractivity contribution in [3.8, 4) is 0 Å². The number of ether oxygens (including phenoxy) is 1. The number of urea groups is 1. The number of hydrogen-bond acceptors (Lipinski definition) is 4. The molecule has 0 saturated carbocycles. The molecule has 0 radical (unpaired) electrons. The molecule has 1 saturated heterocycles. The number of rotatable bonds is 7. The van der Waals surface area contributed by atoms with Gasteiger partial charge in [-0.05, 0) is 43.4 Å². The van der Waals surface area contributed by atoms with Crippen LogP contribution in [0.2, 0.25) is 0 Å². The first kappa shape index (κ1) is 23.7. The number of ketones is 1. The van der Waals surface area contributed by atoms with E-state index in [-0.39, 0.29) is 17.7 Å². The summed E-state index contributed by atoms with van der Waals surface area (Å²) in [5.41, 5.74) is 2.86. The molecule has 3 rings (SSSR count). The topological polar surface area (TPSA) is 80.6 Å². The van der Waals surface area contributed by atoms with Crippen molar-refractivity contribution >= 4 is 17.7 Å². The molecule has 0 unspecified atom stereocenters. The Morgan fingerprint density at radius 1 is 1.12 bits per heavy atom. The quantitative estimate of drug-likeness (QED) is 0.527. The summed E-state index contributed by atoms with van der Waals surface area (Å²) in [5.74, 6) is -0.690. The zero-order valence-corrected chi connectivity index (χ0v) is 20.0. The number of imide groups is 1. The number of benzene rings is 1. The molecule has 1 aliphatic heterocycles. The molecule has 7 nitrogen and oxygen atoms in total. The lowest BCUT2D eigenvalue weighted by atomic mass is 9.84. The molecule has 0 spiro atoms. The van der Waals surface area contributed by atoms with Crippen molar-refractivity contribution in [3.05, 3.63) is 58.4 Å². The molecule has 0 aliphatic carbocycles. The van der Waals surface area contributed by atoms with E-state index in [0.717, 1.165) is 21.9 Å². The molecule has 1 fully saturated rings. The highest BCUT2D eigenvalue weighted by Gasteiger charge is 2.49. The van der Waals surface area contributed by atoms with E-state index in [4.69, 9.17) is 4.74 Å². The summed E-state index contributed by atoms with van der Waals surface area (Å²) < 4.78 is 7.14. The standard InChI is InChI=1S/C25H33N3O4/c1-16-14-20(17(2)27(16)12-13-32-7)21(29)15-28-22(30)25(6,26-23(28)31)19-10-8-18(9-11-19)24(3,4)5/h8-11,14H,12-13,15H2,1-7H3,(H,26,31)/t25-/m1/s1. The van der Waals surface area contributed by atoms with Crippen molar-refractivity contribution in [2.45, 2.75) is 59.0 Å². The Kier molecular flexibility index (Phi) is 6.33. The van der Waals surface area contributed by atoms with Gasteiger partial charge in [0.05, 0.1) is 13.2 Å². The van der Waals surface area contributed by atoms with E-state index in [2.05, 4.69) is 26.1 Å². The van der Waals surface area contributed by atoms with Crippen molar-refractivity contribution in [2.75, 3.05) is 20.3 Å². The number of nitrogens with one attached hydrogen (secondary N) is 1. The number of nitrogens with zero attached hydrogens (tertiary/aromatic N) is 2. The average Bonchev–Trinajstić information content (AvgIpc) is 3.13. The molecule has 7 heteroatoms. The van der Waals surface area contributed by atoms with Crippen molar-refractivity contribution in [3.63, 3.8) is 0 Å². The summed E-state index contributed by atoms with van der Waals surface area (Å²) in [7, 11) is 1.63. The largest absolute Gasteiger partial charge is 0.383 e. The van der Waals surface area contributed by atoms with Crippen molar-refractivity contribution in [1.29, 1.82) is 0 Å². The van der Waals surface area contributed by atoms with Crippen LogP contribution in [-0.2, 0) is 27.0 Å². The molecule has 1 atom stereocenters. The third kappa shape index (κ3) is 4.21. The number of hydrogen-bond donors (Lipinski definition) is 1. The van der Waals surface area contributed by atoms with Gasteiger partial charge in [0.15, 0.2) is 5.78 Å². The van der Waals surface area contributed by atoms with Gasteiger partial charge in [0.1, 0.15) is 5.54 Å². The number of Topliss-reactive ketones (excluding diaryl/α,β-unsaturated/α-hetero) is 1. The Labute approximate surface area is 189 Å². The van der Waals surface area contributed by atoms with E-state index in [1.807, 2.05) is 42.7 Å². The van der Waals surface area contributed by atoms with Gasteiger partial charge < -0.3 is 14.6 Å². The van der Waals surface area contributed by atoms with Gasteiger partial charge in [0.25, 0.3) is 5.91 Å². The number of carbonyl (C=O) groups excluding carboxylic acids is 3. The summed E-state index contributed by atoms with van der Waals surface area (Å²) in [5, 5.41) is 2.78. The van der Waals surface area contributed by atoms with Crippen LogP contribution in [0.1, 0.15) is 60.6 Å². The summed E-state index contributed by atoms with van der Waals surface area (Å²) >= 11 is 0. The fraction of sp³-hybridized carbons (Fsp3) is 0.480. The second kappa shape index (κ2) is 8.54. The van der Waals surface area contributed by atoms with Gasteiger partial charge >= 0.3 is 6.03 Å². The Morgan fingerprint density at radius 2 is 1.75 bits per heavy atom. The molecule has 1 N–H and O–H groups in total. The highest BCUT2D eigenvalue weighted by molar-refractivity contribution is 6.11. The van der Waals surface area contributed by atoms with Gasteiger partial charge in [-0.15, -0.1) is 0 Å². The van der Waals surface area contributed by atoms with Crippen LogP contribution in [0, 0.1) is 13.8 Å². The predicted octanol–water partition coefficient (Wildman–Crippen LogP) is 3.70. The van der Waals surface area contributed by atoms with Crippen LogP contribution < -0.4 is 5.32 Å². The van der Waals surface area contributed by atoms with Gasteiger partial charge in [-0.3, -0.25) is 14.5 Å². The van der Waals surface area contributed by atoms with Crippen LogP contribution in [0.15, 0.2) is 30.3 Å². The minimum Gasteiger partial charge on any atom is -0.383 e. The first-order chi connectivity index (χ1) is 14.9. The van der Waals surface area contributed by atoms with Crippen LogP contribution >= 0.6 is 0 Å². The van der Waals surface area contributed by atoms with Crippen molar-refractivity contribution in [2.24, 2.45) is 0 Å². The zero-order chi connectivity index (χ0) is 23.8. The fourth-order valence-electron chi connectivity index (χ4n) is 4.18. The number of methoxy groups -OCH3 is 1. The number of aryl methyl sites for hydroxylation is 1. The molecule has 2 heterocycles. The smallest absolute Gasteiger partial charge is 0.325 e. The van der Waals surface area contributed by atoms with Crippen molar-refractivity contribution < 1.29 is 19.1 Å². The molecule has 2 aromatic rings. The maximum absolute atomic E-state index is 13.3. The first-order valence-corrected chi connectivity index (χ1v) is 10.8. The van der Waals surface area contributed by atoms with Crippen LogP contribution in [0.4, 0.5) is 4.79 Å². The van der Waals surface area contributed by atoms with Crippen molar-refractivity contribution in [1.82, 2.24) is 14.8 Å². The second-order valence-corrected chi connectivity index (χ2v) is 9.63. The van der Waals surface area contributed by atoms with Gasteiger partial charge in [-0.25, -0.2) is 4.79 Å². The molecular weight excluding hydrogens is 406 g/mol. The minimum atomic E-state index is -1.21. The zero-order valence-electron chi connectivity index (χ0n) is 20.0. The van der Waals surface area contributed by atoms with E-state index in [9.17, 15) is 14.4 Å². The van der Waals surface area contributed by atoms with E-state index in [1.54, 1.807) is 20.1 Å². The third-order valence-electron chi connectivity index (χ3n) is 6.30. The number of carbonyl (C=O) groups is 3. The molecule has 172 valence electrons. The van der Waals surface area contributed by atoms with Crippen LogP contribution in [-0.4, -0.2) is 47.4 Å². The molecular formula is C25H33N3O4. The normalized spacial score (nSPS) is 18.9. The summed E-state index contributed by atoms with van der Waals surface area (Å²) in [6.07, 6.45) is 0. The summed E-state index contributed by atoms with van der Waals surface area (Å²) in [4.78, 5) is 40.0. The van der Waals surface area contributed by atoms with E-state index >= 15 is 0 Å². The van der Waals surface area contributed by atoms with Gasteiger partial charge in [0, 0.05) is 30.6 Å². The Hall–Kier alpha value is -2.93. The minimum absolute atomic E-state index is 0.0174. The van der Waals surface area contributed by atoms with Crippen LogP contribution in [0.3, 0.4) is 0 Å². The van der Waals surface area contributed by atoms with Gasteiger partial charge in [-0.1, -0.05) is 45.0 Å². The van der Waals surface area contributed by atoms with E-state index in [1.165, 1.54) is 0 Å². The van der Waals surface area contributed by atoms with E-state index < -0.39 is 17.5 Å². The first-order valence-electron chi connectivity index (χ1n) is 10.8. The monoisotopic (exact) mass is 439 g/mol. The molecule has 32 heavy (non-hydrogen) atoms. The third-order valence-corrected chi connectivity index (χ3v) is 6.30. The summed E-state index contributed by atoms with van der Waals surface area (Å²) in [6, 6.07) is 8.93. The van der Waals surface area contributed by atoms with Crippen LogP contribution in [0.25, 0.3) is 0 Å². The highest BCUT2D eigenvalue weighted by Crippen LogP contribution is 2.31. The van der Waals surface area contributed by atoms with Gasteiger partial charge in [-0.2, -0.15) is 0 Å².